The van der Waals surface area contributed by atoms with Crippen LogP contribution in [0.3, 0.4) is 0 Å². The van der Waals surface area contributed by atoms with E-state index in [9.17, 15) is 4.79 Å². The molecule has 1 unspecified atom stereocenters. The van der Waals surface area contributed by atoms with Gasteiger partial charge in [0.05, 0.1) is 12.5 Å². The molecule has 1 atom stereocenters. The van der Waals surface area contributed by atoms with Gasteiger partial charge in [-0.2, -0.15) is 0 Å². The Bertz CT molecular complexity index is 355. The SMILES string of the molecule is COCCNC(=O)C(C)c1cccc(Br)c1. The molecule has 1 rings (SSSR count). The molecule has 1 N–H and O–H groups in total. The van der Waals surface area contributed by atoms with Crippen LogP contribution in [-0.4, -0.2) is 26.2 Å². The van der Waals surface area contributed by atoms with Gasteiger partial charge in [-0.05, 0) is 24.6 Å². The number of benzene rings is 1. The quantitative estimate of drug-likeness (QED) is 0.844. The highest BCUT2D eigenvalue weighted by molar-refractivity contribution is 9.10. The van der Waals surface area contributed by atoms with Gasteiger partial charge in [0.1, 0.15) is 0 Å². The van der Waals surface area contributed by atoms with E-state index in [0.29, 0.717) is 13.2 Å². The number of hydrogen-bond donors (Lipinski definition) is 1. The number of hydrogen-bond acceptors (Lipinski definition) is 2. The summed E-state index contributed by atoms with van der Waals surface area (Å²) in [5.41, 5.74) is 1.00. The Balaban J connectivity index is 2.56. The van der Waals surface area contributed by atoms with Crippen LogP contribution in [0, 0.1) is 0 Å². The van der Waals surface area contributed by atoms with Crippen molar-refractivity contribution in [1.82, 2.24) is 5.32 Å². The molecule has 88 valence electrons. The van der Waals surface area contributed by atoms with Crippen molar-refractivity contribution in [2.24, 2.45) is 0 Å². The molecule has 0 saturated heterocycles. The van der Waals surface area contributed by atoms with Gasteiger partial charge in [-0.15, -0.1) is 0 Å². The summed E-state index contributed by atoms with van der Waals surface area (Å²) in [5.74, 6) is -0.121. The highest BCUT2D eigenvalue weighted by atomic mass is 79.9. The fraction of sp³-hybridized carbons (Fsp3) is 0.417. The zero-order chi connectivity index (χ0) is 12.0. The average Bonchev–Trinajstić information content (AvgIpc) is 2.28. The maximum Gasteiger partial charge on any atom is 0.227 e. The molecule has 3 nitrogen and oxygen atoms in total. The van der Waals surface area contributed by atoms with E-state index in [4.69, 9.17) is 4.74 Å². The number of carbonyl (C=O) groups excluding carboxylic acids is 1. The first-order chi connectivity index (χ1) is 7.65. The van der Waals surface area contributed by atoms with Crippen LogP contribution in [0.5, 0.6) is 0 Å². The summed E-state index contributed by atoms with van der Waals surface area (Å²) in [6.07, 6.45) is 0. The summed E-state index contributed by atoms with van der Waals surface area (Å²) in [6.45, 7) is 2.98. The second-order valence-electron chi connectivity index (χ2n) is 3.56. The van der Waals surface area contributed by atoms with Crippen LogP contribution in [0.1, 0.15) is 18.4 Å². The summed E-state index contributed by atoms with van der Waals surface area (Å²) in [7, 11) is 1.61. The number of methoxy groups -OCH3 is 1. The predicted octanol–water partition coefficient (Wildman–Crippen LogP) is 2.32. The fourth-order valence-electron chi connectivity index (χ4n) is 1.36. The Morgan fingerprint density at radius 1 is 1.56 bits per heavy atom. The van der Waals surface area contributed by atoms with Crippen molar-refractivity contribution in [2.75, 3.05) is 20.3 Å². The number of carbonyl (C=O) groups is 1. The second kappa shape index (κ2) is 6.66. The van der Waals surface area contributed by atoms with Crippen LogP contribution in [0.15, 0.2) is 28.7 Å². The fourth-order valence-corrected chi connectivity index (χ4v) is 1.77. The summed E-state index contributed by atoms with van der Waals surface area (Å²) < 4.78 is 5.86. The molecule has 0 aliphatic rings. The highest BCUT2D eigenvalue weighted by Crippen LogP contribution is 2.19. The lowest BCUT2D eigenvalue weighted by Crippen LogP contribution is -2.30. The van der Waals surface area contributed by atoms with Crippen LogP contribution in [0.25, 0.3) is 0 Å². The molecule has 1 aromatic carbocycles. The van der Waals surface area contributed by atoms with Gasteiger partial charge in [0.2, 0.25) is 5.91 Å². The van der Waals surface area contributed by atoms with Crippen molar-refractivity contribution in [3.63, 3.8) is 0 Å². The average molecular weight is 286 g/mol. The predicted molar refractivity (Wildman–Crippen MR) is 67.4 cm³/mol. The number of rotatable bonds is 5. The normalized spacial score (nSPS) is 12.2. The molecule has 0 aromatic heterocycles. The largest absolute Gasteiger partial charge is 0.383 e. The first-order valence-corrected chi connectivity index (χ1v) is 5.96. The third-order valence-electron chi connectivity index (χ3n) is 2.35. The smallest absolute Gasteiger partial charge is 0.227 e. The van der Waals surface area contributed by atoms with E-state index >= 15 is 0 Å². The molecule has 0 bridgehead atoms. The topological polar surface area (TPSA) is 38.3 Å². The maximum atomic E-state index is 11.7. The highest BCUT2D eigenvalue weighted by Gasteiger charge is 2.14. The van der Waals surface area contributed by atoms with E-state index in [1.807, 2.05) is 31.2 Å². The Kier molecular flexibility index (Phi) is 5.49. The van der Waals surface area contributed by atoms with E-state index in [2.05, 4.69) is 21.2 Å². The van der Waals surface area contributed by atoms with Crippen molar-refractivity contribution in [3.8, 4) is 0 Å². The molecule has 0 heterocycles. The molecular formula is C12H16BrNO2. The van der Waals surface area contributed by atoms with Gasteiger partial charge in [0.25, 0.3) is 0 Å². The minimum Gasteiger partial charge on any atom is -0.383 e. The molecule has 1 amide bonds. The molecule has 1 aromatic rings. The first-order valence-electron chi connectivity index (χ1n) is 5.17. The van der Waals surface area contributed by atoms with Gasteiger partial charge in [-0.1, -0.05) is 28.1 Å². The number of amides is 1. The maximum absolute atomic E-state index is 11.7. The Hall–Kier alpha value is -0.870. The molecule has 4 heteroatoms. The number of ether oxygens (including phenoxy) is 1. The van der Waals surface area contributed by atoms with Gasteiger partial charge in [-0.25, -0.2) is 0 Å². The monoisotopic (exact) mass is 285 g/mol. The van der Waals surface area contributed by atoms with E-state index in [0.717, 1.165) is 10.0 Å². The minimum absolute atomic E-state index is 0.0233. The van der Waals surface area contributed by atoms with Crippen molar-refractivity contribution >= 4 is 21.8 Å². The zero-order valence-corrected chi connectivity index (χ0v) is 11.1. The van der Waals surface area contributed by atoms with Crippen LogP contribution in [-0.2, 0) is 9.53 Å². The third kappa shape index (κ3) is 3.94. The summed E-state index contributed by atoms with van der Waals surface area (Å²) in [6, 6.07) is 7.78. The number of nitrogens with one attached hydrogen (secondary N) is 1. The van der Waals surface area contributed by atoms with Crippen molar-refractivity contribution in [3.05, 3.63) is 34.3 Å². The lowest BCUT2D eigenvalue weighted by atomic mass is 10.0. The van der Waals surface area contributed by atoms with Gasteiger partial charge in [0, 0.05) is 18.1 Å². The van der Waals surface area contributed by atoms with Gasteiger partial charge >= 0.3 is 0 Å². The summed E-state index contributed by atoms with van der Waals surface area (Å²) in [5, 5.41) is 2.82. The number of halogens is 1. The molecule has 16 heavy (non-hydrogen) atoms. The van der Waals surface area contributed by atoms with Crippen LogP contribution in [0.2, 0.25) is 0 Å². The molecule has 0 aliphatic heterocycles. The standard InChI is InChI=1S/C12H16BrNO2/c1-9(12(15)14-6-7-16-2)10-4-3-5-11(13)8-10/h3-5,8-9H,6-7H2,1-2H3,(H,14,15). The molecule has 0 spiro atoms. The Morgan fingerprint density at radius 2 is 2.31 bits per heavy atom. The van der Waals surface area contributed by atoms with Crippen LogP contribution in [0.4, 0.5) is 0 Å². The minimum atomic E-state index is -0.144. The first kappa shape index (κ1) is 13.2. The molecule has 0 radical (unpaired) electrons. The molecule has 0 aliphatic carbocycles. The molecule has 0 fully saturated rings. The van der Waals surface area contributed by atoms with E-state index in [1.54, 1.807) is 7.11 Å². The van der Waals surface area contributed by atoms with Crippen LogP contribution < -0.4 is 5.32 Å². The van der Waals surface area contributed by atoms with Gasteiger partial charge < -0.3 is 10.1 Å². The van der Waals surface area contributed by atoms with E-state index in [1.165, 1.54) is 0 Å². The van der Waals surface area contributed by atoms with Crippen molar-refractivity contribution in [1.29, 1.82) is 0 Å². The lowest BCUT2D eigenvalue weighted by molar-refractivity contribution is -0.122. The summed E-state index contributed by atoms with van der Waals surface area (Å²) >= 11 is 3.39. The molecular weight excluding hydrogens is 270 g/mol. The lowest BCUT2D eigenvalue weighted by Gasteiger charge is -2.12. The van der Waals surface area contributed by atoms with Crippen molar-refractivity contribution < 1.29 is 9.53 Å². The van der Waals surface area contributed by atoms with Gasteiger partial charge in [0.15, 0.2) is 0 Å². The zero-order valence-electron chi connectivity index (χ0n) is 9.50. The second-order valence-corrected chi connectivity index (χ2v) is 4.48. The van der Waals surface area contributed by atoms with Crippen LogP contribution >= 0.6 is 15.9 Å². The summed E-state index contributed by atoms with van der Waals surface area (Å²) in [4.78, 5) is 11.7. The Morgan fingerprint density at radius 3 is 2.94 bits per heavy atom. The van der Waals surface area contributed by atoms with Gasteiger partial charge in [-0.3, -0.25) is 4.79 Å². The molecule has 0 saturated carbocycles. The van der Waals surface area contributed by atoms with E-state index < -0.39 is 0 Å². The third-order valence-corrected chi connectivity index (χ3v) is 2.84. The Labute approximate surface area is 104 Å². The van der Waals surface area contributed by atoms with E-state index in [-0.39, 0.29) is 11.8 Å². The van der Waals surface area contributed by atoms with Crippen molar-refractivity contribution in [2.45, 2.75) is 12.8 Å².